The Morgan fingerprint density at radius 1 is 1.19 bits per heavy atom. The van der Waals surface area contributed by atoms with E-state index in [-0.39, 0.29) is 0 Å². The van der Waals surface area contributed by atoms with Crippen molar-refractivity contribution in [3.8, 4) is 11.5 Å². The highest BCUT2D eigenvalue weighted by Crippen LogP contribution is 2.32. The number of benzene rings is 1. The minimum absolute atomic E-state index is 0.467. The molecule has 0 aliphatic carbocycles. The fraction of sp³-hybridized carbons (Fsp3) is 0.333. The van der Waals surface area contributed by atoms with E-state index < -0.39 is 6.10 Å². The molecule has 1 atom stereocenters. The van der Waals surface area contributed by atoms with Crippen molar-refractivity contribution in [2.75, 3.05) is 19.8 Å². The summed E-state index contributed by atoms with van der Waals surface area (Å²) in [5, 5.41) is 13.4. The van der Waals surface area contributed by atoms with Crippen LogP contribution in [-0.2, 0) is 6.54 Å². The number of ether oxygens (including phenoxy) is 2. The zero-order valence-electron chi connectivity index (χ0n) is 11.3. The molecule has 112 valence electrons. The van der Waals surface area contributed by atoms with Crippen LogP contribution in [0.15, 0.2) is 30.3 Å². The molecule has 1 aromatic heterocycles. The first-order valence-electron chi connectivity index (χ1n) is 6.75. The van der Waals surface area contributed by atoms with Crippen LogP contribution in [0.5, 0.6) is 11.5 Å². The van der Waals surface area contributed by atoms with E-state index >= 15 is 0 Å². The van der Waals surface area contributed by atoms with Crippen LogP contribution in [0.1, 0.15) is 16.5 Å². The Morgan fingerprint density at radius 2 is 2.00 bits per heavy atom. The molecule has 1 aliphatic heterocycles. The van der Waals surface area contributed by atoms with Gasteiger partial charge < -0.3 is 19.9 Å². The van der Waals surface area contributed by atoms with Crippen LogP contribution >= 0.6 is 22.9 Å². The predicted molar refractivity (Wildman–Crippen MR) is 83.4 cm³/mol. The first-order valence-corrected chi connectivity index (χ1v) is 7.94. The van der Waals surface area contributed by atoms with E-state index in [2.05, 4.69) is 5.32 Å². The lowest BCUT2D eigenvalue weighted by atomic mass is 10.1. The molecule has 4 nitrogen and oxygen atoms in total. The van der Waals surface area contributed by atoms with Crippen molar-refractivity contribution in [2.24, 2.45) is 0 Å². The molecule has 0 saturated carbocycles. The van der Waals surface area contributed by atoms with Crippen molar-refractivity contribution in [3.63, 3.8) is 0 Å². The number of nitrogens with one attached hydrogen (secondary N) is 1. The molecule has 0 amide bonds. The topological polar surface area (TPSA) is 50.7 Å². The molecule has 2 heterocycles. The molecule has 0 spiro atoms. The van der Waals surface area contributed by atoms with E-state index in [4.69, 9.17) is 21.1 Å². The van der Waals surface area contributed by atoms with Gasteiger partial charge in [0, 0.05) is 18.0 Å². The van der Waals surface area contributed by atoms with Crippen LogP contribution in [0.3, 0.4) is 0 Å². The second kappa shape index (κ2) is 6.66. The Balaban J connectivity index is 1.56. The summed E-state index contributed by atoms with van der Waals surface area (Å²) in [6.07, 6.45) is -0.587. The van der Waals surface area contributed by atoms with Crippen molar-refractivity contribution >= 4 is 22.9 Å². The Labute approximate surface area is 132 Å². The molecule has 1 aromatic carbocycles. The molecule has 21 heavy (non-hydrogen) atoms. The third kappa shape index (κ3) is 3.68. The zero-order chi connectivity index (χ0) is 14.7. The average molecular weight is 326 g/mol. The third-order valence-corrected chi connectivity index (χ3v) is 4.45. The molecule has 6 heteroatoms. The summed E-state index contributed by atoms with van der Waals surface area (Å²) >= 11 is 7.42. The summed E-state index contributed by atoms with van der Waals surface area (Å²) in [6, 6.07) is 9.40. The smallest absolute Gasteiger partial charge is 0.161 e. The molecule has 0 bridgehead atoms. The standard InChI is InChI=1S/C15H16ClNO3S/c16-15-4-2-11(21-15)8-17-9-12(18)10-1-3-13-14(7-10)20-6-5-19-13/h1-4,7,12,17-18H,5-6,8-9H2. The van der Waals surface area contributed by atoms with Crippen LogP contribution in [0.2, 0.25) is 4.34 Å². The number of aliphatic hydroxyl groups excluding tert-OH is 1. The van der Waals surface area contributed by atoms with Crippen molar-refractivity contribution in [1.82, 2.24) is 5.32 Å². The molecule has 3 rings (SSSR count). The van der Waals surface area contributed by atoms with Gasteiger partial charge in [-0.3, -0.25) is 0 Å². The molecule has 0 fully saturated rings. The lowest BCUT2D eigenvalue weighted by Crippen LogP contribution is -2.21. The van der Waals surface area contributed by atoms with Gasteiger partial charge in [0.15, 0.2) is 11.5 Å². The molecule has 0 radical (unpaired) electrons. The van der Waals surface area contributed by atoms with E-state index in [1.54, 1.807) is 0 Å². The van der Waals surface area contributed by atoms with Gasteiger partial charge in [-0.25, -0.2) is 0 Å². The normalized spacial score (nSPS) is 15.0. The molecule has 1 unspecified atom stereocenters. The highest BCUT2D eigenvalue weighted by Gasteiger charge is 2.15. The number of rotatable bonds is 5. The van der Waals surface area contributed by atoms with Crippen molar-refractivity contribution in [3.05, 3.63) is 45.1 Å². The van der Waals surface area contributed by atoms with Crippen molar-refractivity contribution in [2.45, 2.75) is 12.6 Å². The highest BCUT2D eigenvalue weighted by molar-refractivity contribution is 7.16. The second-order valence-corrected chi connectivity index (χ2v) is 6.56. The third-order valence-electron chi connectivity index (χ3n) is 3.22. The van der Waals surface area contributed by atoms with E-state index in [0.717, 1.165) is 20.5 Å². The summed E-state index contributed by atoms with van der Waals surface area (Å²) in [4.78, 5) is 1.15. The van der Waals surface area contributed by atoms with Crippen LogP contribution in [0.25, 0.3) is 0 Å². The summed E-state index contributed by atoms with van der Waals surface area (Å²) in [7, 11) is 0. The number of aliphatic hydroxyl groups is 1. The first-order chi connectivity index (χ1) is 10.2. The zero-order valence-corrected chi connectivity index (χ0v) is 12.9. The molecule has 2 N–H and O–H groups in total. The van der Waals surface area contributed by atoms with E-state index in [9.17, 15) is 5.11 Å². The largest absolute Gasteiger partial charge is 0.486 e. The molecular formula is C15H16ClNO3S. The Bertz CT molecular complexity index is 617. The number of thiophene rings is 1. The highest BCUT2D eigenvalue weighted by atomic mass is 35.5. The maximum absolute atomic E-state index is 10.2. The summed E-state index contributed by atoms with van der Waals surface area (Å²) in [5.74, 6) is 1.43. The number of hydrogen-bond acceptors (Lipinski definition) is 5. The van der Waals surface area contributed by atoms with Gasteiger partial charge in [-0.2, -0.15) is 0 Å². The van der Waals surface area contributed by atoms with Crippen LogP contribution in [-0.4, -0.2) is 24.9 Å². The quantitative estimate of drug-likeness (QED) is 0.887. The monoisotopic (exact) mass is 325 g/mol. The second-order valence-electron chi connectivity index (χ2n) is 4.76. The fourth-order valence-corrected chi connectivity index (χ4v) is 3.22. The maximum atomic E-state index is 10.2. The van der Waals surface area contributed by atoms with Crippen LogP contribution in [0, 0.1) is 0 Å². The van der Waals surface area contributed by atoms with E-state index in [0.29, 0.717) is 32.1 Å². The van der Waals surface area contributed by atoms with Crippen molar-refractivity contribution in [1.29, 1.82) is 0 Å². The van der Waals surface area contributed by atoms with Gasteiger partial charge >= 0.3 is 0 Å². The Hall–Kier alpha value is -1.27. The SMILES string of the molecule is OC(CNCc1ccc(Cl)s1)c1ccc2c(c1)OCCO2. The van der Waals surface area contributed by atoms with Gasteiger partial charge in [0.1, 0.15) is 13.2 Å². The minimum Gasteiger partial charge on any atom is -0.486 e. The molecular weight excluding hydrogens is 310 g/mol. The Morgan fingerprint density at radius 3 is 2.76 bits per heavy atom. The number of halogens is 1. The van der Waals surface area contributed by atoms with Gasteiger partial charge in [0.25, 0.3) is 0 Å². The summed E-state index contributed by atoms with van der Waals surface area (Å²) in [5.41, 5.74) is 0.816. The average Bonchev–Trinajstić information content (AvgIpc) is 2.92. The molecule has 0 saturated heterocycles. The summed E-state index contributed by atoms with van der Waals surface area (Å²) in [6.45, 7) is 2.28. The fourth-order valence-electron chi connectivity index (χ4n) is 2.16. The molecule has 2 aromatic rings. The van der Waals surface area contributed by atoms with Gasteiger partial charge in [-0.05, 0) is 29.8 Å². The lowest BCUT2D eigenvalue weighted by Gasteiger charge is -2.20. The van der Waals surface area contributed by atoms with Crippen molar-refractivity contribution < 1.29 is 14.6 Å². The van der Waals surface area contributed by atoms with Crippen LogP contribution in [0.4, 0.5) is 0 Å². The summed E-state index contributed by atoms with van der Waals surface area (Å²) < 4.78 is 11.8. The van der Waals surface area contributed by atoms with Gasteiger partial charge in [-0.15, -0.1) is 11.3 Å². The number of fused-ring (bicyclic) bond motifs is 1. The Kier molecular flexibility index (Phi) is 4.65. The van der Waals surface area contributed by atoms with E-state index in [1.807, 2.05) is 30.3 Å². The van der Waals surface area contributed by atoms with Crippen LogP contribution < -0.4 is 14.8 Å². The molecule has 1 aliphatic rings. The lowest BCUT2D eigenvalue weighted by molar-refractivity contribution is 0.163. The maximum Gasteiger partial charge on any atom is 0.161 e. The minimum atomic E-state index is -0.587. The van der Waals surface area contributed by atoms with E-state index in [1.165, 1.54) is 11.3 Å². The number of hydrogen-bond donors (Lipinski definition) is 2. The predicted octanol–water partition coefficient (Wildman–Crippen LogP) is 3.00. The van der Waals surface area contributed by atoms with Gasteiger partial charge in [-0.1, -0.05) is 17.7 Å². The first kappa shape index (κ1) is 14.7. The van der Waals surface area contributed by atoms with Gasteiger partial charge in [0.05, 0.1) is 10.4 Å². The van der Waals surface area contributed by atoms with Gasteiger partial charge in [0.2, 0.25) is 0 Å².